The Morgan fingerprint density at radius 1 is 1.10 bits per heavy atom. The summed E-state index contributed by atoms with van der Waals surface area (Å²) in [6, 6.07) is 16.8. The maximum Gasteiger partial charge on any atom is 0.246 e. The minimum atomic E-state index is 0.0893. The third-order valence-electron chi connectivity index (χ3n) is 5.76. The number of carbonyl (C=O) groups is 1. The van der Waals surface area contributed by atoms with E-state index in [1.165, 1.54) is 5.56 Å². The first-order chi connectivity index (χ1) is 14.2. The molecular formula is C22H24N6O. The van der Waals surface area contributed by atoms with Crippen molar-refractivity contribution >= 4 is 17.3 Å². The lowest BCUT2D eigenvalue weighted by Gasteiger charge is -2.35. The van der Waals surface area contributed by atoms with Gasteiger partial charge in [0.25, 0.3) is 0 Å². The van der Waals surface area contributed by atoms with Crippen molar-refractivity contribution in [1.82, 2.24) is 20.2 Å². The highest BCUT2D eigenvalue weighted by Gasteiger charge is 2.29. The maximum atomic E-state index is 13.0. The van der Waals surface area contributed by atoms with E-state index < -0.39 is 0 Å². The molecule has 1 atom stereocenters. The Hall–Kier alpha value is -3.22. The third-order valence-corrected chi connectivity index (χ3v) is 5.76. The number of nitrogens with zero attached hydrogens (tertiary/aromatic N) is 5. The minimum absolute atomic E-state index is 0.0893. The van der Waals surface area contributed by atoms with Crippen LogP contribution in [0.25, 0.3) is 11.4 Å². The van der Waals surface area contributed by atoms with Crippen LogP contribution in [-0.4, -0.2) is 38.7 Å². The van der Waals surface area contributed by atoms with Gasteiger partial charge in [-0.25, -0.2) is 4.68 Å². The summed E-state index contributed by atoms with van der Waals surface area (Å²) in [6.45, 7) is 2.38. The van der Waals surface area contributed by atoms with Gasteiger partial charge in [0, 0.05) is 23.0 Å². The lowest BCUT2D eigenvalue weighted by Crippen LogP contribution is -2.44. The number of hydrogen-bond acceptors (Lipinski definition) is 5. The molecule has 0 bridgehead atoms. The van der Waals surface area contributed by atoms with Crippen LogP contribution in [0.15, 0.2) is 48.5 Å². The van der Waals surface area contributed by atoms with E-state index >= 15 is 0 Å². The fourth-order valence-electron chi connectivity index (χ4n) is 4.02. The second kappa shape index (κ2) is 7.31. The summed E-state index contributed by atoms with van der Waals surface area (Å²) in [4.78, 5) is 14.9. The van der Waals surface area contributed by atoms with E-state index in [1.54, 1.807) is 0 Å². The van der Waals surface area contributed by atoms with Crippen LogP contribution in [0, 0.1) is 0 Å². The van der Waals surface area contributed by atoms with Crippen LogP contribution in [0.1, 0.15) is 37.8 Å². The molecule has 2 heterocycles. The first-order valence-electron chi connectivity index (χ1n) is 10.2. The van der Waals surface area contributed by atoms with Gasteiger partial charge in [-0.2, -0.15) is 0 Å². The van der Waals surface area contributed by atoms with Gasteiger partial charge in [-0.3, -0.25) is 4.79 Å². The van der Waals surface area contributed by atoms with Crippen molar-refractivity contribution in [3.05, 3.63) is 54.1 Å². The Balaban J connectivity index is 1.27. The van der Waals surface area contributed by atoms with Gasteiger partial charge < -0.3 is 10.2 Å². The van der Waals surface area contributed by atoms with Crippen molar-refractivity contribution in [3.63, 3.8) is 0 Å². The van der Waals surface area contributed by atoms with Crippen LogP contribution >= 0.6 is 0 Å². The molecule has 0 saturated heterocycles. The monoisotopic (exact) mass is 388 g/mol. The topological polar surface area (TPSA) is 75.9 Å². The van der Waals surface area contributed by atoms with Crippen molar-refractivity contribution in [3.8, 4) is 11.4 Å². The SMILES string of the molecule is CC1CCc2ccccc2N1C(=O)CNc1ccc(-c2nnnn2C2CC2)cc1. The number of para-hydroxylation sites is 1. The van der Waals surface area contributed by atoms with Gasteiger partial charge in [0.1, 0.15) is 0 Å². The highest BCUT2D eigenvalue weighted by molar-refractivity contribution is 5.97. The standard InChI is InChI=1S/C22H24N6O/c1-15-6-7-16-4-2-3-5-20(16)27(15)21(29)14-23-18-10-8-17(9-11-18)22-24-25-26-28(22)19-12-13-19/h2-5,8-11,15,19,23H,6-7,12-14H2,1H3. The zero-order valence-corrected chi connectivity index (χ0v) is 16.5. The molecule has 29 heavy (non-hydrogen) atoms. The Labute approximate surface area is 169 Å². The minimum Gasteiger partial charge on any atom is -0.376 e. The van der Waals surface area contributed by atoms with E-state index in [0.29, 0.717) is 6.04 Å². The van der Waals surface area contributed by atoms with Crippen LogP contribution in [0.3, 0.4) is 0 Å². The molecule has 0 spiro atoms. The Morgan fingerprint density at radius 3 is 2.69 bits per heavy atom. The molecule has 1 aliphatic carbocycles. The Kier molecular flexibility index (Phi) is 4.50. The molecule has 2 aromatic carbocycles. The fraction of sp³-hybridized carbons (Fsp3) is 0.364. The number of fused-ring (bicyclic) bond motifs is 1. The summed E-state index contributed by atoms with van der Waals surface area (Å²) in [5, 5.41) is 15.3. The van der Waals surface area contributed by atoms with Crippen molar-refractivity contribution in [1.29, 1.82) is 0 Å². The smallest absolute Gasteiger partial charge is 0.246 e. The summed E-state index contributed by atoms with van der Waals surface area (Å²) in [7, 11) is 0. The summed E-state index contributed by atoms with van der Waals surface area (Å²) < 4.78 is 1.90. The average molecular weight is 388 g/mol. The number of aryl methyl sites for hydroxylation is 1. The van der Waals surface area contributed by atoms with E-state index in [1.807, 2.05) is 52.0 Å². The van der Waals surface area contributed by atoms with Gasteiger partial charge in [-0.05, 0) is 78.9 Å². The maximum absolute atomic E-state index is 13.0. The summed E-state index contributed by atoms with van der Waals surface area (Å²) in [6.07, 6.45) is 4.29. The fourth-order valence-corrected chi connectivity index (χ4v) is 4.02. The van der Waals surface area contributed by atoms with Gasteiger partial charge in [0.2, 0.25) is 5.91 Å². The molecule has 1 fully saturated rings. The molecule has 7 heteroatoms. The van der Waals surface area contributed by atoms with Crippen molar-refractivity contribution in [2.45, 2.75) is 44.7 Å². The summed E-state index contributed by atoms with van der Waals surface area (Å²) in [5.74, 6) is 0.889. The zero-order valence-electron chi connectivity index (χ0n) is 16.5. The highest BCUT2D eigenvalue weighted by Crippen LogP contribution is 2.36. The Bertz CT molecular complexity index is 1020. The van der Waals surface area contributed by atoms with Gasteiger partial charge in [-0.15, -0.1) is 5.10 Å². The predicted molar refractivity (Wildman–Crippen MR) is 112 cm³/mol. The Morgan fingerprint density at radius 2 is 1.90 bits per heavy atom. The largest absolute Gasteiger partial charge is 0.376 e. The number of hydrogen-bond donors (Lipinski definition) is 1. The number of amides is 1. The average Bonchev–Trinajstić information content (AvgIpc) is 3.48. The summed E-state index contributed by atoms with van der Waals surface area (Å²) >= 11 is 0. The number of nitrogens with one attached hydrogen (secondary N) is 1. The lowest BCUT2D eigenvalue weighted by atomic mass is 9.96. The van der Waals surface area contributed by atoms with Gasteiger partial charge in [-0.1, -0.05) is 18.2 Å². The third kappa shape index (κ3) is 3.48. The van der Waals surface area contributed by atoms with Crippen LogP contribution in [0.4, 0.5) is 11.4 Å². The molecule has 148 valence electrons. The van der Waals surface area contributed by atoms with E-state index in [0.717, 1.165) is 48.4 Å². The molecule has 7 nitrogen and oxygen atoms in total. The second-order valence-corrected chi connectivity index (χ2v) is 7.89. The van der Waals surface area contributed by atoms with Crippen LogP contribution in [0.5, 0.6) is 0 Å². The van der Waals surface area contributed by atoms with Crippen molar-refractivity contribution < 1.29 is 4.79 Å². The lowest BCUT2D eigenvalue weighted by molar-refractivity contribution is -0.117. The van der Waals surface area contributed by atoms with Crippen molar-refractivity contribution in [2.24, 2.45) is 0 Å². The van der Waals surface area contributed by atoms with E-state index in [4.69, 9.17) is 0 Å². The van der Waals surface area contributed by atoms with Gasteiger partial charge in [0.05, 0.1) is 12.6 Å². The van der Waals surface area contributed by atoms with Crippen LogP contribution < -0.4 is 10.2 Å². The number of anilines is 2. The molecular weight excluding hydrogens is 364 g/mol. The first kappa shape index (κ1) is 17.8. The number of aromatic nitrogens is 4. The first-order valence-corrected chi connectivity index (χ1v) is 10.2. The van der Waals surface area contributed by atoms with Gasteiger partial charge in [0.15, 0.2) is 5.82 Å². The zero-order chi connectivity index (χ0) is 19.8. The predicted octanol–water partition coefficient (Wildman–Crippen LogP) is 3.45. The normalized spacial score (nSPS) is 18.4. The second-order valence-electron chi connectivity index (χ2n) is 7.89. The molecule has 1 unspecified atom stereocenters. The van der Waals surface area contributed by atoms with Gasteiger partial charge >= 0.3 is 0 Å². The molecule has 1 aliphatic heterocycles. The molecule has 1 saturated carbocycles. The molecule has 3 aromatic rings. The van der Waals surface area contributed by atoms with Crippen LogP contribution in [-0.2, 0) is 11.2 Å². The number of carbonyl (C=O) groups excluding carboxylic acids is 1. The molecule has 1 amide bonds. The van der Waals surface area contributed by atoms with Crippen LogP contribution in [0.2, 0.25) is 0 Å². The van der Waals surface area contributed by atoms with E-state index in [2.05, 4.69) is 33.8 Å². The number of benzene rings is 2. The number of tetrazole rings is 1. The van der Waals surface area contributed by atoms with E-state index in [-0.39, 0.29) is 18.5 Å². The molecule has 1 aromatic heterocycles. The highest BCUT2D eigenvalue weighted by atomic mass is 16.2. The quantitative estimate of drug-likeness (QED) is 0.724. The molecule has 1 N–H and O–H groups in total. The molecule has 5 rings (SSSR count). The van der Waals surface area contributed by atoms with Crippen molar-refractivity contribution in [2.75, 3.05) is 16.8 Å². The summed E-state index contributed by atoms with van der Waals surface area (Å²) in [5.41, 5.74) is 4.18. The molecule has 2 aliphatic rings. The molecule has 0 radical (unpaired) electrons. The number of rotatable bonds is 5. The van der Waals surface area contributed by atoms with E-state index in [9.17, 15) is 4.79 Å².